The average Bonchev–Trinajstić information content (AvgIpc) is 2.29. The van der Waals surface area contributed by atoms with Crippen LogP contribution in [0.5, 0.6) is 0 Å². The molecule has 1 heterocycles. The molecule has 4 heteroatoms. The highest BCUT2D eigenvalue weighted by Gasteiger charge is 2.05. The third-order valence-electron chi connectivity index (χ3n) is 2.00. The highest BCUT2D eigenvalue weighted by Crippen LogP contribution is 2.08. The van der Waals surface area contributed by atoms with E-state index in [1.54, 1.807) is 12.4 Å². The maximum atomic E-state index is 5.44. The standard InChI is InChI=1S/C11H16N4/c1-3-5-15(6-4-2)11-9-13-10(7-12)8-14-11/h1,8-9H,4-7,12H2,2H3. The Morgan fingerprint density at radius 1 is 1.47 bits per heavy atom. The summed E-state index contributed by atoms with van der Waals surface area (Å²) in [6, 6.07) is 0. The van der Waals surface area contributed by atoms with E-state index in [9.17, 15) is 0 Å². The van der Waals surface area contributed by atoms with Gasteiger partial charge in [0.1, 0.15) is 5.82 Å². The Hall–Kier alpha value is -1.60. The Labute approximate surface area is 90.5 Å². The summed E-state index contributed by atoms with van der Waals surface area (Å²) in [4.78, 5) is 10.5. The second-order valence-electron chi connectivity index (χ2n) is 3.20. The van der Waals surface area contributed by atoms with Crippen LogP contribution < -0.4 is 10.6 Å². The zero-order valence-electron chi connectivity index (χ0n) is 8.98. The first kappa shape index (κ1) is 11.5. The third-order valence-corrected chi connectivity index (χ3v) is 2.00. The van der Waals surface area contributed by atoms with Crippen LogP contribution >= 0.6 is 0 Å². The van der Waals surface area contributed by atoms with Gasteiger partial charge in [0.2, 0.25) is 0 Å². The van der Waals surface area contributed by atoms with E-state index in [4.69, 9.17) is 12.2 Å². The van der Waals surface area contributed by atoms with E-state index >= 15 is 0 Å². The number of rotatable bonds is 5. The maximum absolute atomic E-state index is 5.44. The van der Waals surface area contributed by atoms with Crippen LogP contribution in [0.4, 0.5) is 5.82 Å². The summed E-state index contributed by atoms with van der Waals surface area (Å²) in [5.74, 6) is 3.43. The van der Waals surface area contributed by atoms with Crippen molar-refractivity contribution in [1.82, 2.24) is 9.97 Å². The molecule has 0 fully saturated rings. The molecule has 1 rings (SSSR count). The van der Waals surface area contributed by atoms with E-state index in [-0.39, 0.29) is 0 Å². The summed E-state index contributed by atoms with van der Waals surface area (Å²) in [5.41, 5.74) is 6.23. The Morgan fingerprint density at radius 2 is 2.27 bits per heavy atom. The Bertz CT molecular complexity index is 325. The highest BCUT2D eigenvalue weighted by molar-refractivity contribution is 5.37. The van der Waals surface area contributed by atoms with Gasteiger partial charge >= 0.3 is 0 Å². The van der Waals surface area contributed by atoms with E-state index in [0.29, 0.717) is 13.1 Å². The van der Waals surface area contributed by atoms with Crippen LogP contribution in [0, 0.1) is 12.3 Å². The van der Waals surface area contributed by atoms with Crippen LogP contribution in [0.3, 0.4) is 0 Å². The molecule has 15 heavy (non-hydrogen) atoms. The Morgan fingerprint density at radius 3 is 2.73 bits per heavy atom. The number of nitrogens with two attached hydrogens (primary N) is 1. The van der Waals surface area contributed by atoms with Crippen molar-refractivity contribution < 1.29 is 0 Å². The molecule has 0 radical (unpaired) electrons. The number of anilines is 1. The summed E-state index contributed by atoms with van der Waals surface area (Å²) in [5, 5.41) is 0. The van der Waals surface area contributed by atoms with Crippen LogP contribution in [0.25, 0.3) is 0 Å². The second-order valence-corrected chi connectivity index (χ2v) is 3.20. The van der Waals surface area contributed by atoms with Gasteiger partial charge in [-0.1, -0.05) is 12.8 Å². The lowest BCUT2D eigenvalue weighted by Crippen LogP contribution is -2.25. The summed E-state index contributed by atoms with van der Waals surface area (Å²) in [6.45, 7) is 3.97. The molecule has 0 saturated heterocycles. The Kier molecular flexibility index (Phi) is 4.58. The van der Waals surface area contributed by atoms with Crippen molar-refractivity contribution in [3.8, 4) is 12.3 Å². The second kappa shape index (κ2) is 5.99. The van der Waals surface area contributed by atoms with E-state index in [2.05, 4.69) is 22.8 Å². The number of nitrogens with zero attached hydrogens (tertiary/aromatic N) is 3. The van der Waals surface area contributed by atoms with Gasteiger partial charge in [-0.05, 0) is 6.42 Å². The molecule has 0 saturated carbocycles. The van der Waals surface area contributed by atoms with Crippen LogP contribution in [-0.4, -0.2) is 23.1 Å². The topological polar surface area (TPSA) is 55.0 Å². The van der Waals surface area contributed by atoms with Gasteiger partial charge in [-0.25, -0.2) is 4.98 Å². The van der Waals surface area contributed by atoms with Crippen molar-refractivity contribution in [2.24, 2.45) is 5.73 Å². The Balaban J connectivity index is 2.77. The number of aromatic nitrogens is 2. The predicted octanol–water partition coefficient (Wildman–Crippen LogP) is 0.785. The third kappa shape index (κ3) is 3.22. The van der Waals surface area contributed by atoms with Crippen LogP contribution in [0.15, 0.2) is 12.4 Å². The first-order valence-corrected chi connectivity index (χ1v) is 5.01. The van der Waals surface area contributed by atoms with Gasteiger partial charge in [-0.3, -0.25) is 4.98 Å². The van der Waals surface area contributed by atoms with E-state index < -0.39 is 0 Å². The van der Waals surface area contributed by atoms with Crippen molar-refractivity contribution >= 4 is 5.82 Å². The van der Waals surface area contributed by atoms with Crippen LogP contribution in [-0.2, 0) is 6.54 Å². The molecule has 4 nitrogen and oxygen atoms in total. The van der Waals surface area contributed by atoms with E-state index in [0.717, 1.165) is 24.5 Å². The molecule has 1 aromatic rings. The van der Waals surface area contributed by atoms with Crippen molar-refractivity contribution in [2.75, 3.05) is 18.0 Å². The van der Waals surface area contributed by atoms with Gasteiger partial charge in [0.05, 0.1) is 24.6 Å². The smallest absolute Gasteiger partial charge is 0.147 e. The van der Waals surface area contributed by atoms with Crippen molar-refractivity contribution in [1.29, 1.82) is 0 Å². The highest BCUT2D eigenvalue weighted by atomic mass is 15.2. The monoisotopic (exact) mass is 204 g/mol. The number of hydrogen-bond acceptors (Lipinski definition) is 4. The molecule has 0 aliphatic rings. The molecular weight excluding hydrogens is 188 g/mol. The largest absolute Gasteiger partial charge is 0.344 e. The molecule has 0 aromatic carbocycles. The van der Waals surface area contributed by atoms with Gasteiger partial charge in [0.15, 0.2) is 0 Å². The van der Waals surface area contributed by atoms with Gasteiger partial charge in [-0.2, -0.15) is 0 Å². The van der Waals surface area contributed by atoms with Crippen molar-refractivity contribution in [3.63, 3.8) is 0 Å². The molecule has 0 aliphatic heterocycles. The molecule has 80 valence electrons. The fourth-order valence-electron chi connectivity index (χ4n) is 1.27. The lowest BCUT2D eigenvalue weighted by molar-refractivity contribution is 0.800. The van der Waals surface area contributed by atoms with Gasteiger partial charge in [-0.15, -0.1) is 6.42 Å². The summed E-state index contributed by atoms with van der Waals surface area (Å²) in [6.07, 6.45) is 9.73. The van der Waals surface area contributed by atoms with Gasteiger partial charge < -0.3 is 10.6 Å². The number of terminal acetylenes is 1. The van der Waals surface area contributed by atoms with E-state index in [1.807, 2.05) is 4.90 Å². The summed E-state index contributed by atoms with van der Waals surface area (Å²) < 4.78 is 0. The normalized spacial score (nSPS) is 9.67. The van der Waals surface area contributed by atoms with Gasteiger partial charge in [0.25, 0.3) is 0 Å². The predicted molar refractivity (Wildman–Crippen MR) is 61.3 cm³/mol. The first-order chi connectivity index (χ1) is 7.31. The van der Waals surface area contributed by atoms with Crippen LogP contribution in [0.1, 0.15) is 19.0 Å². The molecule has 0 bridgehead atoms. The first-order valence-electron chi connectivity index (χ1n) is 5.01. The molecule has 2 N–H and O–H groups in total. The van der Waals surface area contributed by atoms with Crippen molar-refractivity contribution in [2.45, 2.75) is 19.9 Å². The molecule has 0 spiro atoms. The lowest BCUT2D eigenvalue weighted by Gasteiger charge is -2.19. The summed E-state index contributed by atoms with van der Waals surface area (Å²) in [7, 11) is 0. The molecule has 1 aromatic heterocycles. The maximum Gasteiger partial charge on any atom is 0.147 e. The van der Waals surface area contributed by atoms with Crippen molar-refractivity contribution in [3.05, 3.63) is 18.1 Å². The minimum absolute atomic E-state index is 0.413. The zero-order valence-corrected chi connectivity index (χ0v) is 8.98. The fraction of sp³-hybridized carbons (Fsp3) is 0.455. The minimum Gasteiger partial charge on any atom is -0.344 e. The summed E-state index contributed by atoms with van der Waals surface area (Å²) >= 11 is 0. The zero-order chi connectivity index (χ0) is 11.1. The van der Waals surface area contributed by atoms with Crippen LogP contribution in [0.2, 0.25) is 0 Å². The molecule has 0 atom stereocenters. The molecule has 0 aliphatic carbocycles. The minimum atomic E-state index is 0.413. The molecular formula is C11H16N4. The quantitative estimate of drug-likeness (QED) is 0.720. The molecule has 0 unspecified atom stereocenters. The lowest BCUT2D eigenvalue weighted by atomic mass is 10.4. The fourth-order valence-corrected chi connectivity index (χ4v) is 1.27. The average molecular weight is 204 g/mol. The van der Waals surface area contributed by atoms with E-state index in [1.165, 1.54) is 0 Å². The molecule has 0 amide bonds. The van der Waals surface area contributed by atoms with Gasteiger partial charge in [0, 0.05) is 13.1 Å². The number of hydrogen-bond donors (Lipinski definition) is 1. The SMILES string of the molecule is C#CCN(CCC)c1cnc(CN)cn1.